The molecule has 3 aromatic rings. The van der Waals surface area contributed by atoms with E-state index in [0.717, 1.165) is 45.9 Å². The molecular weight excluding hydrogens is 418 g/mol. The minimum Gasteiger partial charge on any atom is -0.507 e. The molecule has 0 atom stereocenters. The second kappa shape index (κ2) is 8.30. The predicted molar refractivity (Wildman–Crippen MR) is 138 cm³/mol. The highest BCUT2D eigenvalue weighted by Crippen LogP contribution is 2.62. The van der Waals surface area contributed by atoms with Crippen LogP contribution in [-0.2, 0) is 5.41 Å². The Balaban J connectivity index is 1.38. The van der Waals surface area contributed by atoms with E-state index in [1.54, 1.807) is 7.11 Å². The van der Waals surface area contributed by atoms with Gasteiger partial charge in [-0.05, 0) is 92.4 Å². The molecule has 0 heterocycles. The van der Waals surface area contributed by atoms with Gasteiger partial charge in [0.05, 0.1) is 12.8 Å². The van der Waals surface area contributed by atoms with Gasteiger partial charge >= 0.3 is 0 Å². The zero-order valence-corrected chi connectivity index (χ0v) is 20.1. The number of aromatic hydroxyl groups is 1. The van der Waals surface area contributed by atoms with Crippen molar-refractivity contribution in [2.45, 2.75) is 50.9 Å². The lowest BCUT2D eigenvalue weighted by atomic mass is 9.48. The van der Waals surface area contributed by atoms with Crippen LogP contribution in [0.2, 0.25) is 0 Å². The normalized spacial score (nSPS) is 27.4. The standard InChI is InChI=1S/C31H33NO2/c1-20-11-24(19-32-28-9-5-3-7-25(28)26-8-4-6-10-29(26)34-2)30(33)27(12-20)31-16-21-13-22(17-31)15-23(14-21)18-31/h3-12,19,21-23,33H,13-18H2,1-2H3/b32-19+. The summed E-state index contributed by atoms with van der Waals surface area (Å²) in [6, 6.07) is 20.5. The van der Waals surface area contributed by atoms with Gasteiger partial charge in [-0.15, -0.1) is 0 Å². The molecule has 3 nitrogen and oxygen atoms in total. The SMILES string of the molecule is COc1ccccc1-c1ccccc1/N=C/c1cc(C)cc(C23CC4CC(CC(C4)C2)C3)c1O. The van der Waals surface area contributed by atoms with Crippen molar-refractivity contribution in [1.29, 1.82) is 0 Å². The van der Waals surface area contributed by atoms with Crippen LogP contribution in [0.15, 0.2) is 65.7 Å². The summed E-state index contributed by atoms with van der Waals surface area (Å²) in [5.74, 6) is 3.79. The van der Waals surface area contributed by atoms with Crippen molar-refractivity contribution < 1.29 is 9.84 Å². The van der Waals surface area contributed by atoms with Gasteiger partial charge < -0.3 is 9.84 Å². The Hall–Kier alpha value is -3.07. The second-order valence-corrected chi connectivity index (χ2v) is 10.9. The van der Waals surface area contributed by atoms with E-state index in [-0.39, 0.29) is 5.41 Å². The first kappa shape index (κ1) is 21.5. The number of methoxy groups -OCH3 is 1. The van der Waals surface area contributed by atoms with E-state index in [9.17, 15) is 5.11 Å². The van der Waals surface area contributed by atoms with Gasteiger partial charge in [-0.2, -0.15) is 0 Å². The van der Waals surface area contributed by atoms with Crippen LogP contribution in [0.25, 0.3) is 11.1 Å². The fourth-order valence-corrected chi connectivity index (χ4v) is 7.57. The lowest BCUT2D eigenvalue weighted by molar-refractivity contribution is -0.00616. The fourth-order valence-electron chi connectivity index (χ4n) is 7.57. The molecule has 1 N–H and O–H groups in total. The molecule has 7 rings (SSSR count). The smallest absolute Gasteiger partial charge is 0.128 e. The van der Waals surface area contributed by atoms with Crippen LogP contribution in [0.3, 0.4) is 0 Å². The van der Waals surface area contributed by atoms with Crippen LogP contribution < -0.4 is 4.74 Å². The number of nitrogens with zero attached hydrogens (tertiary/aromatic N) is 1. The number of para-hydroxylation sites is 2. The highest BCUT2D eigenvalue weighted by molar-refractivity contribution is 5.89. The Kier molecular flexibility index (Phi) is 5.24. The van der Waals surface area contributed by atoms with Gasteiger partial charge in [-0.25, -0.2) is 0 Å². The lowest BCUT2D eigenvalue weighted by Gasteiger charge is -2.57. The summed E-state index contributed by atoms with van der Waals surface area (Å²) < 4.78 is 5.59. The molecule has 4 fully saturated rings. The topological polar surface area (TPSA) is 41.8 Å². The van der Waals surface area contributed by atoms with Gasteiger partial charge in [-0.3, -0.25) is 4.99 Å². The predicted octanol–water partition coefficient (Wildman–Crippen LogP) is 7.59. The largest absolute Gasteiger partial charge is 0.507 e. The Morgan fingerprint density at radius 3 is 2.18 bits per heavy atom. The Morgan fingerprint density at radius 1 is 0.882 bits per heavy atom. The van der Waals surface area contributed by atoms with E-state index in [1.165, 1.54) is 49.7 Å². The summed E-state index contributed by atoms with van der Waals surface area (Å²) in [5, 5.41) is 11.5. The van der Waals surface area contributed by atoms with Crippen molar-refractivity contribution in [3.8, 4) is 22.6 Å². The molecule has 0 spiro atoms. The molecule has 0 aromatic heterocycles. The van der Waals surface area contributed by atoms with Crippen LogP contribution in [0.5, 0.6) is 11.5 Å². The number of hydrogen-bond acceptors (Lipinski definition) is 3. The molecule has 4 aliphatic rings. The van der Waals surface area contributed by atoms with E-state index in [2.05, 4.69) is 31.2 Å². The van der Waals surface area contributed by atoms with Crippen LogP contribution in [0, 0.1) is 24.7 Å². The van der Waals surface area contributed by atoms with Crippen LogP contribution in [0.1, 0.15) is 55.2 Å². The molecular formula is C31H33NO2. The van der Waals surface area contributed by atoms with Crippen LogP contribution >= 0.6 is 0 Å². The average molecular weight is 452 g/mol. The summed E-state index contributed by atoms with van der Waals surface area (Å²) in [4.78, 5) is 4.88. The first-order valence-corrected chi connectivity index (χ1v) is 12.7. The molecule has 3 heteroatoms. The molecule has 34 heavy (non-hydrogen) atoms. The van der Waals surface area contributed by atoms with Crippen molar-refractivity contribution in [2.24, 2.45) is 22.7 Å². The summed E-state index contributed by atoms with van der Waals surface area (Å²) in [7, 11) is 1.70. The van der Waals surface area contributed by atoms with Gasteiger partial charge in [0, 0.05) is 28.5 Å². The number of phenolic OH excluding ortho intramolecular Hbond substituents is 1. The molecule has 4 saturated carbocycles. The summed E-state index contributed by atoms with van der Waals surface area (Å²) in [6.45, 7) is 2.14. The molecule has 0 radical (unpaired) electrons. The molecule has 0 saturated heterocycles. The highest BCUT2D eigenvalue weighted by atomic mass is 16.5. The van der Waals surface area contributed by atoms with Gasteiger partial charge in [0.1, 0.15) is 11.5 Å². The number of aryl methyl sites for hydroxylation is 1. The lowest BCUT2D eigenvalue weighted by Crippen LogP contribution is -2.48. The first-order valence-electron chi connectivity index (χ1n) is 12.7. The van der Waals surface area contributed by atoms with Gasteiger partial charge in [0.2, 0.25) is 0 Å². The van der Waals surface area contributed by atoms with E-state index >= 15 is 0 Å². The van der Waals surface area contributed by atoms with Crippen molar-refractivity contribution in [3.05, 3.63) is 77.4 Å². The zero-order chi connectivity index (χ0) is 23.3. The third-order valence-electron chi connectivity index (χ3n) is 8.54. The van der Waals surface area contributed by atoms with Crippen LogP contribution in [0.4, 0.5) is 5.69 Å². The van der Waals surface area contributed by atoms with Crippen molar-refractivity contribution in [3.63, 3.8) is 0 Å². The highest BCUT2D eigenvalue weighted by Gasteiger charge is 2.52. The zero-order valence-electron chi connectivity index (χ0n) is 20.1. The van der Waals surface area contributed by atoms with E-state index in [0.29, 0.717) is 5.75 Å². The number of hydrogen-bond donors (Lipinski definition) is 1. The maximum atomic E-state index is 11.5. The second-order valence-electron chi connectivity index (χ2n) is 10.9. The number of benzene rings is 3. The van der Waals surface area contributed by atoms with Crippen LogP contribution in [-0.4, -0.2) is 18.4 Å². The quantitative estimate of drug-likeness (QED) is 0.406. The Morgan fingerprint density at radius 2 is 1.50 bits per heavy atom. The van der Waals surface area contributed by atoms with E-state index in [1.807, 2.05) is 42.6 Å². The molecule has 4 aliphatic carbocycles. The average Bonchev–Trinajstić information content (AvgIpc) is 2.83. The third-order valence-corrected chi connectivity index (χ3v) is 8.54. The maximum absolute atomic E-state index is 11.5. The van der Waals surface area contributed by atoms with Crippen molar-refractivity contribution in [1.82, 2.24) is 0 Å². The van der Waals surface area contributed by atoms with E-state index < -0.39 is 0 Å². The van der Waals surface area contributed by atoms with Gasteiger partial charge in [-0.1, -0.05) is 42.5 Å². The summed E-state index contributed by atoms with van der Waals surface area (Å²) in [5.41, 5.74) is 6.24. The maximum Gasteiger partial charge on any atom is 0.128 e. The molecule has 4 bridgehead atoms. The Labute approximate surface area is 202 Å². The van der Waals surface area contributed by atoms with Gasteiger partial charge in [0.25, 0.3) is 0 Å². The van der Waals surface area contributed by atoms with Crippen molar-refractivity contribution >= 4 is 11.9 Å². The third kappa shape index (κ3) is 3.62. The van der Waals surface area contributed by atoms with E-state index in [4.69, 9.17) is 9.73 Å². The molecule has 174 valence electrons. The number of aliphatic imine (C=N–C) groups is 1. The summed E-state index contributed by atoms with van der Waals surface area (Å²) >= 11 is 0. The monoisotopic (exact) mass is 451 g/mol. The molecule has 3 aromatic carbocycles. The minimum absolute atomic E-state index is 0.156. The summed E-state index contributed by atoms with van der Waals surface area (Å²) in [6.07, 6.45) is 9.77. The molecule has 0 aliphatic heterocycles. The van der Waals surface area contributed by atoms with Gasteiger partial charge in [0.15, 0.2) is 0 Å². The number of ether oxygens (including phenoxy) is 1. The minimum atomic E-state index is 0.156. The number of phenols is 1. The van der Waals surface area contributed by atoms with Crippen molar-refractivity contribution in [2.75, 3.05) is 7.11 Å². The molecule has 0 unspecified atom stereocenters. The molecule has 0 amide bonds. The first-order chi connectivity index (χ1) is 16.5. The Bertz CT molecular complexity index is 1220. The number of rotatable bonds is 5. The fraction of sp³-hybridized carbons (Fsp3) is 0.387.